The average molecular weight is 300 g/mol. The summed E-state index contributed by atoms with van der Waals surface area (Å²) in [6.45, 7) is 4.84. The van der Waals surface area contributed by atoms with Gasteiger partial charge in [-0.05, 0) is 43.7 Å². The first-order valence-corrected chi connectivity index (χ1v) is 7.42. The maximum Gasteiger partial charge on any atom is 0.137 e. The number of hydrogen-bond acceptors (Lipinski definition) is 2. The molecule has 21 heavy (non-hydrogen) atoms. The van der Waals surface area contributed by atoms with Crippen LogP contribution in [0.1, 0.15) is 16.8 Å². The Labute approximate surface area is 129 Å². The van der Waals surface area contributed by atoms with E-state index in [4.69, 9.17) is 22.3 Å². The summed E-state index contributed by atoms with van der Waals surface area (Å²) in [5.74, 6) is 0. The van der Waals surface area contributed by atoms with Crippen LogP contribution in [0.3, 0.4) is 0 Å². The largest absolute Gasteiger partial charge is 0.330 e. The number of halogens is 1. The van der Waals surface area contributed by atoms with Crippen molar-refractivity contribution in [3.05, 3.63) is 58.4 Å². The molecule has 0 saturated carbocycles. The van der Waals surface area contributed by atoms with Gasteiger partial charge in [-0.2, -0.15) is 0 Å². The second-order valence-electron chi connectivity index (χ2n) is 5.27. The van der Waals surface area contributed by atoms with Crippen LogP contribution in [0, 0.1) is 13.8 Å². The van der Waals surface area contributed by atoms with Gasteiger partial charge in [-0.25, -0.2) is 4.98 Å². The second-order valence-corrected chi connectivity index (χ2v) is 5.71. The number of nitrogens with two attached hydrogens (primary N) is 1. The molecule has 2 N–H and O–H groups in total. The van der Waals surface area contributed by atoms with Crippen molar-refractivity contribution in [1.82, 2.24) is 9.38 Å². The van der Waals surface area contributed by atoms with E-state index in [9.17, 15) is 0 Å². The van der Waals surface area contributed by atoms with Crippen LogP contribution >= 0.6 is 11.6 Å². The molecular weight excluding hydrogens is 282 g/mol. The Hall–Kier alpha value is -1.84. The van der Waals surface area contributed by atoms with Crippen LogP contribution < -0.4 is 5.73 Å². The smallest absolute Gasteiger partial charge is 0.137 e. The number of nitrogens with zero attached hydrogens (tertiary/aromatic N) is 2. The molecule has 1 aromatic carbocycles. The lowest BCUT2D eigenvalue weighted by Gasteiger charge is -2.10. The van der Waals surface area contributed by atoms with Crippen LogP contribution in [0.5, 0.6) is 0 Å². The van der Waals surface area contributed by atoms with Crippen molar-refractivity contribution in [3.8, 4) is 11.3 Å². The van der Waals surface area contributed by atoms with Gasteiger partial charge in [0.1, 0.15) is 5.65 Å². The highest BCUT2D eigenvalue weighted by molar-refractivity contribution is 6.30. The third-order valence-corrected chi connectivity index (χ3v) is 4.12. The number of aromatic nitrogens is 2. The first-order valence-electron chi connectivity index (χ1n) is 7.05. The SMILES string of the molecule is Cc1cccc(-c2c(CCN)nc3ccc(Cl)cn23)c1C. The van der Waals surface area contributed by atoms with E-state index in [-0.39, 0.29) is 0 Å². The van der Waals surface area contributed by atoms with Gasteiger partial charge in [0.25, 0.3) is 0 Å². The zero-order valence-electron chi connectivity index (χ0n) is 12.2. The Morgan fingerprint density at radius 2 is 2.00 bits per heavy atom. The summed E-state index contributed by atoms with van der Waals surface area (Å²) < 4.78 is 2.06. The average Bonchev–Trinajstić information content (AvgIpc) is 2.80. The minimum absolute atomic E-state index is 0.579. The molecule has 0 amide bonds. The van der Waals surface area contributed by atoms with Gasteiger partial charge in [0.2, 0.25) is 0 Å². The first kappa shape index (κ1) is 14.1. The number of benzene rings is 1. The number of imidazole rings is 1. The Kier molecular flexibility index (Phi) is 3.70. The lowest BCUT2D eigenvalue weighted by atomic mass is 9.99. The molecular formula is C17H18ClN3. The van der Waals surface area contributed by atoms with Crippen molar-refractivity contribution >= 4 is 17.2 Å². The van der Waals surface area contributed by atoms with Crippen molar-refractivity contribution in [1.29, 1.82) is 0 Å². The van der Waals surface area contributed by atoms with Gasteiger partial charge in [-0.3, -0.25) is 4.40 Å². The van der Waals surface area contributed by atoms with Gasteiger partial charge in [0, 0.05) is 18.2 Å². The van der Waals surface area contributed by atoms with Crippen LogP contribution in [0.25, 0.3) is 16.9 Å². The fraction of sp³-hybridized carbons (Fsp3) is 0.235. The molecule has 0 saturated heterocycles. The normalized spacial score (nSPS) is 11.2. The van der Waals surface area contributed by atoms with E-state index in [2.05, 4.69) is 36.4 Å². The molecule has 0 spiro atoms. The summed E-state index contributed by atoms with van der Waals surface area (Å²) in [6, 6.07) is 10.1. The lowest BCUT2D eigenvalue weighted by Crippen LogP contribution is -2.05. The zero-order chi connectivity index (χ0) is 15.0. The highest BCUT2D eigenvalue weighted by Crippen LogP contribution is 2.30. The number of aryl methyl sites for hydroxylation is 1. The predicted molar refractivity (Wildman–Crippen MR) is 87.9 cm³/mol. The van der Waals surface area contributed by atoms with Gasteiger partial charge in [-0.15, -0.1) is 0 Å². The Morgan fingerprint density at radius 3 is 2.76 bits per heavy atom. The summed E-state index contributed by atoms with van der Waals surface area (Å²) in [5, 5.41) is 0.700. The number of hydrogen-bond donors (Lipinski definition) is 1. The third-order valence-electron chi connectivity index (χ3n) is 3.90. The van der Waals surface area contributed by atoms with Crippen molar-refractivity contribution in [3.63, 3.8) is 0 Å². The van der Waals surface area contributed by atoms with E-state index >= 15 is 0 Å². The summed E-state index contributed by atoms with van der Waals surface area (Å²) >= 11 is 6.16. The second kappa shape index (κ2) is 5.51. The summed E-state index contributed by atoms with van der Waals surface area (Å²) in [6.07, 6.45) is 2.67. The van der Waals surface area contributed by atoms with Crippen molar-refractivity contribution in [2.24, 2.45) is 5.73 Å². The fourth-order valence-corrected chi connectivity index (χ4v) is 2.83. The monoisotopic (exact) mass is 299 g/mol. The predicted octanol–water partition coefficient (Wildman–Crippen LogP) is 3.77. The van der Waals surface area contributed by atoms with Gasteiger partial charge in [-0.1, -0.05) is 29.8 Å². The van der Waals surface area contributed by atoms with E-state index in [1.165, 1.54) is 16.7 Å². The van der Waals surface area contributed by atoms with Crippen LogP contribution in [-0.4, -0.2) is 15.9 Å². The molecule has 0 atom stereocenters. The van der Waals surface area contributed by atoms with E-state index in [1.54, 1.807) is 0 Å². The topological polar surface area (TPSA) is 43.3 Å². The van der Waals surface area contributed by atoms with E-state index in [0.29, 0.717) is 11.6 Å². The molecule has 0 fully saturated rings. The molecule has 0 aliphatic carbocycles. The van der Waals surface area contributed by atoms with E-state index in [1.807, 2.05) is 18.3 Å². The molecule has 2 aromatic heterocycles. The van der Waals surface area contributed by atoms with Gasteiger partial charge < -0.3 is 5.73 Å². The fourth-order valence-electron chi connectivity index (χ4n) is 2.67. The molecule has 4 heteroatoms. The number of fused-ring (bicyclic) bond motifs is 1. The number of rotatable bonds is 3. The lowest BCUT2D eigenvalue weighted by molar-refractivity contribution is 0.939. The molecule has 3 rings (SSSR count). The summed E-state index contributed by atoms with van der Waals surface area (Å²) in [4.78, 5) is 4.71. The Morgan fingerprint density at radius 1 is 1.19 bits per heavy atom. The first-order chi connectivity index (χ1) is 10.1. The molecule has 108 valence electrons. The standard InChI is InChI=1S/C17H18ClN3/c1-11-4-3-5-14(12(11)2)17-15(8-9-19)20-16-7-6-13(18)10-21(16)17/h3-7,10H,8-9,19H2,1-2H3. The van der Waals surface area contributed by atoms with Crippen molar-refractivity contribution < 1.29 is 0 Å². The van der Waals surface area contributed by atoms with Crippen molar-refractivity contribution in [2.45, 2.75) is 20.3 Å². The van der Waals surface area contributed by atoms with Crippen molar-refractivity contribution in [2.75, 3.05) is 6.54 Å². The molecule has 2 heterocycles. The maximum atomic E-state index is 6.16. The van der Waals surface area contributed by atoms with Crippen LogP contribution in [0.2, 0.25) is 5.02 Å². The molecule has 0 bridgehead atoms. The highest BCUT2D eigenvalue weighted by Gasteiger charge is 2.16. The summed E-state index contributed by atoms with van der Waals surface area (Å²) in [5.41, 5.74) is 12.5. The minimum Gasteiger partial charge on any atom is -0.330 e. The quantitative estimate of drug-likeness (QED) is 0.800. The molecule has 0 aliphatic heterocycles. The number of pyridine rings is 1. The van der Waals surface area contributed by atoms with Gasteiger partial charge in [0.05, 0.1) is 16.4 Å². The van der Waals surface area contributed by atoms with Gasteiger partial charge in [0.15, 0.2) is 0 Å². The zero-order valence-corrected chi connectivity index (χ0v) is 13.0. The molecule has 3 nitrogen and oxygen atoms in total. The van der Waals surface area contributed by atoms with E-state index in [0.717, 1.165) is 23.5 Å². The maximum absolute atomic E-state index is 6.16. The highest BCUT2D eigenvalue weighted by atomic mass is 35.5. The third kappa shape index (κ3) is 2.43. The van der Waals surface area contributed by atoms with Crippen LogP contribution in [0.4, 0.5) is 0 Å². The van der Waals surface area contributed by atoms with E-state index < -0.39 is 0 Å². The molecule has 0 radical (unpaired) electrons. The molecule has 0 aliphatic rings. The van der Waals surface area contributed by atoms with Crippen LogP contribution in [-0.2, 0) is 6.42 Å². The Balaban J connectivity index is 2.35. The minimum atomic E-state index is 0.579. The summed E-state index contributed by atoms with van der Waals surface area (Å²) in [7, 11) is 0. The Bertz CT molecular complexity index is 805. The van der Waals surface area contributed by atoms with Crippen LogP contribution in [0.15, 0.2) is 36.5 Å². The molecule has 0 unspecified atom stereocenters. The molecule has 3 aromatic rings. The van der Waals surface area contributed by atoms with Gasteiger partial charge >= 0.3 is 0 Å².